The van der Waals surface area contributed by atoms with Crippen molar-refractivity contribution in [2.75, 3.05) is 13.2 Å². The number of hydrogen-bond acceptors (Lipinski definition) is 6. The Morgan fingerprint density at radius 1 is 0.339 bits per heavy atom. The molecule has 0 N–H and O–H groups in total. The zero-order valence-corrected chi connectivity index (χ0v) is 38.1. The number of esters is 3. The molecule has 0 aromatic rings. The third-order valence-corrected chi connectivity index (χ3v) is 11.3. The van der Waals surface area contributed by atoms with Crippen molar-refractivity contribution in [1.82, 2.24) is 0 Å². The highest BCUT2D eigenvalue weighted by Gasteiger charge is 2.19. The van der Waals surface area contributed by atoms with Crippen molar-refractivity contribution in [3.63, 3.8) is 0 Å². The summed E-state index contributed by atoms with van der Waals surface area (Å²) in [7, 11) is 0. The quantitative estimate of drug-likeness (QED) is 0.0347. The van der Waals surface area contributed by atoms with E-state index in [1.165, 1.54) is 173 Å². The van der Waals surface area contributed by atoms with Gasteiger partial charge in [0.05, 0.1) is 0 Å². The highest BCUT2D eigenvalue weighted by Crippen LogP contribution is 2.17. The third-order valence-electron chi connectivity index (χ3n) is 11.3. The van der Waals surface area contributed by atoms with Gasteiger partial charge in [0.1, 0.15) is 13.2 Å². The van der Waals surface area contributed by atoms with Gasteiger partial charge in [-0.1, -0.05) is 240 Å². The molecule has 0 aliphatic carbocycles. The highest BCUT2D eigenvalue weighted by molar-refractivity contribution is 5.71. The lowest BCUT2D eigenvalue weighted by Crippen LogP contribution is -2.30. The minimum absolute atomic E-state index is 0.0644. The normalized spacial score (nSPS) is 11.9. The number of rotatable bonds is 45. The highest BCUT2D eigenvalue weighted by atomic mass is 16.6. The van der Waals surface area contributed by atoms with Gasteiger partial charge in [0.2, 0.25) is 0 Å². The van der Waals surface area contributed by atoms with Crippen LogP contribution in [0.1, 0.15) is 278 Å². The fraction of sp³-hybridized carbons (Fsp3) is 0.940. The zero-order chi connectivity index (χ0) is 41.0. The first kappa shape index (κ1) is 54.4. The lowest BCUT2D eigenvalue weighted by molar-refractivity contribution is -0.167. The fourth-order valence-electron chi connectivity index (χ4n) is 7.51. The lowest BCUT2D eigenvalue weighted by Gasteiger charge is -2.18. The number of ether oxygens (including phenoxy) is 3. The summed E-state index contributed by atoms with van der Waals surface area (Å²) in [4.78, 5) is 37.7. The van der Waals surface area contributed by atoms with E-state index in [0.29, 0.717) is 19.3 Å². The van der Waals surface area contributed by atoms with E-state index >= 15 is 0 Å². The fourth-order valence-corrected chi connectivity index (χ4v) is 7.51. The van der Waals surface area contributed by atoms with E-state index in [9.17, 15) is 14.4 Å². The molecule has 0 unspecified atom stereocenters. The van der Waals surface area contributed by atoms with E-state index in [-0.39, 0.29) is 31.1 Å². The van der Waals surface area contributed by atoms with Gasteiger partial charge in [0.25, 0.3) is 0 Å². The SMILES string of the molecule is CCCCCCCCCCCCCCCCCCCCCC(=O)OC[C@@H](COC(=O)CCCCCCCCCCCC)OC(=O)CCCCCCCCC(C)C. The summed E-state index contributed by atoms with van der Waals surface area (Å²) in [6.45, 7) is 8.93. The molecular formula is C50H96O6. The molecule has 0 heterocycles. The largest absolute Gasteiger partial charge is 0.462 e. The maximum Gasteiger partial charge on any atom is 0.306 e. The van der Waals surface area contributed by atoms with Crippen LogP contribution in [0.2, 0.25) is 0 Å². The zero-order valence-electron chi connectivity index (χ0n) is 38.1. The molecule has 0 spiro atoms. The van der Waals surface area contributed by atoms with Crippen molar-refractivity contribution in [3.05, 3.63) is 0 Å². The molecule has 0 aromatic heterocycles. The molecule has 0 rings (SSSR count). The van der Waals surface area contributed by atoms with Crippen molar-refractivity contribution < 1.29 is 28.6 Å². The summed E-state index contributed by atoms with van der Waals surface area (Å²) >= 11 is 0. The maximum absolute atomic E-state index is 12.7. The van der Waals surface area contributed by atoms with Crippen molar-refractivity contribution in [2.24, 2.45) is 5.92 Å². The minimum atomic E-state index is -0.760. The smallest absolute Gasteiger partial charge is 0.306 e. The van der Waals surface area contributed by atoms with E-state index in [4.69, 9.17) is 14.2 Å². The molecular weight excluding hydrogens is 697 g/mol. The van der Waals surface area contributed by atoms with Crippen molar-refractivity contribution in [1.29, 1.82) is 0 Å². The first-order chi connectivity index (χ1) is 27.4. The van der Waals surface area contributed by atoms with Crippen LogP contribution in [0.4, 0.5) is 0 Å². The maximum atomic E-state index is 12.7. The van der Waals surface area contributed by atoms with Gasteiger partial charge < -0.3 is 14.2 Å². The molecule has 0 aliphatic heterocycles. The summed E-state index contributed by atoms with van der Waals surface area (Å²) in [5.41, 5.74) is 0. The minimum Gasteiger partial charge on any atom is -0.462 e. The number of unbranched alkanes of at least 4 members (excludes halogenated alkanes) is 32. The average molecular weight is 793 g/mol. The summed E-state index contributed by atoms with van der Waals surface area (Å²) in [5.74, 6) is -0.0968. The van der Waals surface area contributed by atoms with Gasteiger partial charge >= 0.3 is 17.9 Å². The lowest BCUT2D eigenvalue weighted by atomic mass is 10.0. The van der Waals surface area contributed by atoms with Crippen LogP contribution in [0.3, 0.4) is 0 Å². The number of carbonyl (C=O) groups is 3. The molecule has 6 heteroatoms. The van der Waals surface area contributed by atoms with Gasteiger partial charge in [-0.2, -0.15) is 0 Å². The molecule has 0 bridgehead atoms. The summed E-state index contributed by atoms with van der Waals surface area (Å²) in [5, 5.41) is 0. The Balaban J connectivity index is 4.18. The number of hydrogen-bond donors (Lipinski definition) is 0. The Morgan fingerprint density at radius 3 is 0.875 bits per heavy atom. The summed E-state index contributed by atoms with van der Waals surface area (Å²) in [6, 6.07) is 0. The van der Waals surface area contributed by atoms with Gasteiger partial charge in [-0.05, 0) is 25.2 Å². The van der Waals surface area contributed by atoms with Gasteiger partial charge in [0, 0.05) is 19.3 Å². The van der Waals surface area contributed by atoms with Gasteiger partial charge in [-0.15, -0.1) is 0 Å². The van der Waals surface area contributed by atoms with Crippen molar-refractivity contribution in [2.45, 2.75) is 284 Å². The molecule has 0 fully saturated rings. The van der Waals surface area contributed by atoms with Crippen LogP contribution in [-0.2, 0) is 28.6 Å². The van der Waals surface area contributed by atoms with Crippen LogP contribution in [0.25, 0.3) is 0 Å². The summed E-state index contributed by atoms with van der Waals surface area (Å²) in [6.07, 6.45) is 45.4. The van der Waals surface area contributed by atoms with Crippen LogP contribution in [0.5, 0.6) is 0 Å². The van der Waals surface area contributed by atoms with E-state index in [0.717, 1.165) is 63.7 Å². The van der Waals surface area contributed by atoms with Gasteiger partial charge in [-0.25, -0.2) is 0 Å². The van der Waals surface area contributed by atoms with E-state index in [1.54, 1.807) is 0 Å². The predicted octanol–water partition coefficient (Wildman–Crippen LogP) is 15.9. The average Bonchev–Trinajstić information content (AvgIpc) is 3.18. The number of carbonyl (C=O) groups excluding carboxylic acids is 3. The Labute approximate surface area is 348 Å². The van der Waals surface area contributed by atoms with Crippen molar-refractivity contribution >= 4 is 17.9 Å². The summed E-state index contributed by atoms with van der Waals surface area (Å²) < 4.78 is 16.7. The third kappa shape index (κ3) is 43.5. The first-order valence-electron chi connectivity index (χ1n) is 24.9. The van der Waals surface area contributed by atoms with Crippen LogP contribution >= 0.6 is 0 Å². The molecule has 6 nitrogen and oxygen atoms in total. The van der Waals surface area contributed by atoms with E-state index in [1.807, 2.05) is 0 Å². The Hall–Kier alpha value is -1.59. The topological polar surface area (TPSA) is 78.9 Å². The predicted molar refractivity (Wildman–Crippen MR) is 238 cm³/mol. The molecule has 0 saturated carbocycles. The second-order valence-corrected chi connectivity index (χ2v) is 17.6. The van der Waals surface area contributed by atoms with Crippen LogP contribution in [-0.4, -0.2) is 37.2 Å². The monoisotopic (exact) mass is 793 g/mol. The van der Waals surface area contributed by atoms with Crippen LogP contribution in [0, 0.1) is 5.92 Å². The second kappa shape index (κ2) is 44.5. The molecule has 56 heavy (non-hydrogen) atoms. The first-order valence-corrected chi connectivity index (χ1v) is 24.9. The molecule has 1 atom stereocenters. The molecule has 0 aromatic carbocycles. The molecule has 0 aliphatic rings. The van der Waals surface area contributed by atoms with Crippen molar-refractivity contribution in [3.8, 4) is 0 Å². The Morgan fingerprint density at radius 2 is 0.589 bits per heavy atom. The van der Waals surface area contributed by atoms with E-state index in [2.05, 4.69) is 27.7 Å². The molecule has 332 valence electrons. The van der Waals surface area contributed by atoms with Crippen LogP contribution < -0.4 is 0 Å². The van der Waals surface area contributed by atoms with Gasteiger partial charge in [-0.3, -0.25) is 14.4 Å². The standard InChI is InChI=1S/C50H96O6/c1-5-7-9-11-13-15-17-18-19-20-21-22-23-24-25-27-29-34-38-42-49(52)55-45-47(56-50(53)43-39-35-31-30-32-36-40-46(3)4)44-54-48(51)41-37-33-28-26-16-14-12-10-8-6-2/h46-47H,5-45H2,1-4H3/t47-/m1/s1. The molecule has 0 radical (unpaired) electrons. The Kier molecular flexibility index (Phi) is 43.2. The molecule has 0 amide bonds. The Bertz CT molecular complexity index is 841. The van der Waals surface area contributed by atoms with Gasteiger partial charge in [0.15, 0.2) is 6.10 Å². The molecule has 0 saturated heterocycles. The second-order valence-electron chi connectivity index (χ2n) is 17.6. The van der Waals surface area contributed by atoms with E-state index < -0.39 is 6.10 Å². The van der Waals surface area contributed by atoms with Crippen LogP contribution in [0.15, 0.2) is 0 Å².